The molecule has 1 aromatic heterocycles. The molecule has 4 aromatic rings. The molecular formula is C25H23N3O2. The Bertz CT molecular complexity index is 1160. The van der Waals surface area contributed by atoms with Gasteiger partial charge in [-0.15, -0.1) is 0 Å². The van der Waals surface area contributed by atoms with Crippen LogP contribution in [0.2, 0.25) is 0 Å². The minimum atomic E-state index is -0.201. The van der Waals surface area contributed by atoms with Crippen molar-refractivity contribution in [1.29, 1.82) is 0 Å². The average Bonchev–Trinajstić information content (AvgIpc) is 2.82. The van der Waals surface area contributed by atoms with Gasteiger partial charge < -0.3 is 15.4 Å². The standard InChI is InChI=1S/C25H23N3O2/c1-30-21-9-5-8-19(14-21)22-11-10-20(24-17-26-13-12-23(22)24)16-28-25(29)27-15-18-6-3-2-4-7-18/h2-14,17H,15-16H2,1H3,(H2,27,28,29). The number of hydrogen-bond acceptors (Lipinski definition) is 3. The zero-order valence-corrected chi connectivity index (χ0v) is 16.8. The Morgan fingerprint density at radius 1 is 0.900 bits per heavy atom. The Labute approximate surface area is 175 Å². The molecule has 5 heteroatoms. The monoisotopic (exact) mass is 397 g/mol. The maximum absolute atomic E-state index is 12.2. The van der Waals surface area contributed by atoms with E-state index in [1.807, 2.05) is 66.9 Å². The van der Waals surface area contributed by atoms with Crippen molar-refractivity contribution in [3.05, 3.63) is 96.3 Å². The summed E-state index contributed by atoms with van der Waals surface area (Å²) in [5.41, 5.74) is 4.25. The molecule has 0 radical (unpaired) electrons. The van der Waals surface area contributed by atoms with Crippen LogP contribution in [0.15, 0.2) is 85.2 Å². The maximum Gasteiger partial charge on any atom is 0.315 e. The van der Waals surface area contributed by atoms with Crippen molar-refractivity contribution in [2.24, 2.45) is 0 Å². The lowest BCUT2D eigenvalue weighted by atomic mass is 9.96. The second-order valence-corrected chi connectivity index (χ2v) is 6.95. The van der Waals surface area contributed by atoms with Gasteiger partial charge >= 0.3 is 6.03 Å². The quantitative estimate of drug-likeness (QED) is 0.486. The van der Waals surface area contributed by atoms with Crippen LogP contribution in [-0.2, 0) is 13.1 Å². The molecule has 0 spiro atoms. The minimum Gasteiger partial charge on any atom is -0.497 e. The van der Waals surface area contributed by atoms with Gasteiger partial charge in [-0.25, -0.2) is 4.79 Å². The number of methoxy groups -OCH3 is 1. The lowest BCUT2D eigenvalue weighted by molar-refractivity contribution is 0.240. The summed E-state index contributed by atoms with van der Waals surface area (Å²) in [4.78, 5) is 16.5. The van der Waals surface area contributed by atoms with Gasteiger partial charge in [0.1, 0.15) is 5.75 Å². The molecule has 0 aliphatic rings. The number of ether oxygens (including phenoxy) is 1. The first-order valence-electron chi connectivity index (χ1n) is 9.80. The van der Waals surface area contributed by atoms with E-state index < -0.39 is 0 Å². The molecule has 3 aromatic carbocycles. The Kier molecular flexibility index (Phi) is 5.90. The number of pyridine rings is 1. The number of nitrogens with one attached hydrogen (secondary N) is 2. The van der Waals surface area contributed by atoms with E-state index in [4.69, 9.17) is 4.74 Å². The van der Waals surface area contributed by atoms with Gasteiger partial charge in [0.15, 0.2) is 0 Å². The summed E-state index contributed by atoms with van der Waals surface area (Å²) in [6.07, 6.45) is 3.63. The highest BCUT2D eigenvalue weighted by Gasteiger charge is 2.10. The van der Waals surface area contributed by atoms with Crippen molar-refractivity contribution in [2.75, 3.05) is 7.11 Å². The van der Waals surface area contributed by atoms with E-state index in [1.54, 1.807) is 13.3 Å². The fourth-order valence-corrected chi connectivity index (χ4v) is 3.46. The van der Waals surface area contributed by atoms with Crippen molar-refractivity contribution in [1.82, 2.24) is 15.6 Å². The summed E-state index contributed by atoms with van der Waals surface area (Å²) in [6, 6.07) is 23.7. The molecule has 150 valence electrons. The Hall–Kier alpha value is -3.86. The van der Waals surface area contributed by atoms with Crippen LogP contribution in [0.5, 0.6) is 5.75 Å². The largest absolute Gasteiger partial charge is 0.497 e. The molecule has 0 aliphatic heterocycles. The van der Waals surface area contributed by atoms with Crippen molar-refractivity contribution >= 4 is 16.8 Å². The molecule has 30 heavy (non-hydrogen) atoms. The first-order chi connectivity index (χ1) is 14.7. The van der Waals surface area contributed by atoms with Crippen LogP contribution >= 0.6 is 0 Å². The third-order valence-electron chi connectivity index (χ3n) is 5.02. The van der Waals surface area contributed by atoms with Crippen LogP contribution in [0.25, 0.3) is 21.9 Å². The van der Waals surface area contributed by atoms with Crippen LogP contribution < -0.4 is 15.4 Å². The predicted molar refractivity (Wildman–Crippen MR) is 119 cm³/mol. The van der Waals surface area contributed by atoms with Crippen LogP contribution in [-0.4, -0.2) is 18.1 Å². The second kappa shape index (κ2) is 9.09. The molecule has 0 saturated carbocycles. The predicted octanol–water partition coefficient (Wildman–Crippen LogP) is 4.91. The maximum atomic E-state index is 12.2. The van der Waals surface area contributed by atoms with Crippen LogP contribution in [0, 0.1) is 0 Å². The normalized spacial score (nSPS) is 10.6. The molecule has 0 atom stereocenters. The van der Waals surface area contributed by atoms with Crippen molar-refractivity contribution in [3.8, 4) is 16.9 Å². The molecular weight excluding hydrogens is 374 g/mol. The summed E-state index contributed by atoms with van der Waals surface area (Å²) in [7, 11) is 1.67. The zero-order valence-electron chi connectivity index (χ0n) is 16.8. The number of carbonyl (C=O) groups excluding carboxylic acids is 1. The molecule has 5 nitrogen and oxygen atoms in total. The van der Waals surface area contributed by atoms with E-state index in [9.17, 15) is 4.79 Å². The molecule has 2 N–H and O–H groups in total. The smallest absolute Gasteiger partial charge is 0.315 e. The molecule has 0 fully saturated rings. The lowest BCUT2D eigenvalue weighted by Gasteiger charge is -2.13. The van der Waals surface area contributed by atoms with Crippen LogP contribution in [0.4, 0.5) is 4.79 Å². The number of benzene rings is 3. The highest BCUT2D eigenvalue weighted by atomic mass is 16.5. The molecule has 0 aliphatic carbocycles. The van der Waals surface area contributed by atoms with E-state index in [1.165, 1.54) is 0 Å². The zero-order chi connectivity index (χ0) is 20.8. The number of rotatable bonds is 6. The van der Waals surface area contributed by atoms with Gasteiger partial charge in [0, 0.05) is 30.9 Å². The second-order valence-electron chi connectivity index (χ2n) is 6.95. The highest BCUT2D eigenvalue weighted by Crippen LogP contribution is 2.32. The van der Waals surface area contributed by atoms with Crippen molar-refractivity contribution in [2.45, 2.75) is 13.1 Å². The number of nitrogens with zero attached hydrogens (tertiary/aromatic N) is 1. The molecule has 0 saturated heterocycles. The number of carbonyl (C=O) groups is 1. The number of aromatic nitrogens is 1. The topological polar surface area (TPSA) is 63.2 Å². The van der Waals surface area contributed by atoms with Gasteiger partial charge in [-0.05, 0) is 45.8 Å². The van der Waals surface area contributed by atoms with Crippen LogP contribution in [0.3, 0.4) is 0 Å². The summed E-state index contributed by atoms with van der Waals surface area (Å²) in [5.74, 6) is 0.815. The van der Waals surface area contributed by atoms with Crippen molar-refractivity contribution in [3.63, 3.8) is 0 Å². The molecule has 0 bridgehead atoms. The number of fused-ring (bicyclic) bond motifs is 1. The summed E-state index contributed by atoms with van der Waals surface area (Å²) in [6.45, 7) is 0.908. The fraction of sp³-hybridized carbons (Fsp3) is 0.120. The van der Waals surface area contributed by atoms with E-state index in [0.29, 0.717) is 13.1 Å². The minimum absolute atomic E-state index is 0.201. The highest BCUT2D eigenvalue weighted by molar-refractivity contribution is 5.98. The Morgan fingerprint density at radius 3 is 2.57 bits per heavy atom. The van der Waals surface area contributed by atoms with Gasteiger partial charge in [0.25, 0.3) is 0 Å². The lowest BCUT2D eigenvalue weighted by Crippen LogP contribution is -2.34. The van der Waals surface area contributed by atoms with Gasteiger partial charge in [0.2, 0.25) is 0 Å². The Balaban J connectivity index is 1.52. The van der Waals surface area contributed by atoms with E-state index in [2.05, 4.69) is 27.8 Å². The van der Waals surface area contributed by atoms with Gasteiger partial charge in [-0.3, -0.25) is 4.98 Å². The van der Waals surface area contributed by atoms with E-state index >= 15 is 0 Å². The van der Waals surface area contributed by atoms with E-state index in [-0.39, 0.29) is 6.03 Å². The van der Waals surface area contributed by atoms with E-state index in [0.717, 1.165) is 38.8 Å². The third kappa shape index (κ3) is 4.41. The first-order valence-corrected chi connectivity index (χ1v) is 9.80. The summed E-state index contributed by atoms with van der Waals surface area (Å²) < 4.78 is 5.37. The summed E-state index contributed by atoms with van der Waals surface area (Å²) >= 11 is 0. The molecule has 4 rings (SSSR count). The summed E-state index contributed by atoms with van der Waals surface area (Å²) in [5, 5.41) is 7.93. The van der Waals surface area contributed by atoms with Crippen LogP contribution in [0.1, 0.15) is 11.1 Å². The Morgan fingerprint density at radius 2 is 1.73 bits per heavy atom. The van der Waals surface area contributed by atoms with Gasteiger partial charge in [-0.2, -0.15) is 0 Å². The van der Waals surface area contributed by atoms with Gasteiger partial charge in [0.05, 0.1) is 7.11 Å². The number of hydrogen-bond donors (Lipinski definition) is 2. The molecule has 0 unspecified atom stereocenters. The third-order valence-corrected chi connectivity index (χ3v) is 5.02. The SMILES string of the molecule is COc1cccc(-c2ccc(CNC(=O)NCc3ccccc3)c3cnccc23)c1. The average molecular weight is 397 g/mol. The van der Waals surface area contributed by atoms with Crippen molar-refractivity contribution < 1.29 is 9.53 Å². The first kappa shape index (κ1) is 19.5. The molecule has 1 heterocycles. The van der Waals surface area contributed by atoms with Gasteiger partial charge in [-0.1, -0.05) is 54.6 Å². The number of amides is 2. The fourth-order valence-electron chi connectivity index (χ4n) is 3.46. The number of urea groups is 1. The molecule has 2 amide bonds.